The summed E-state index contributed by atoms with van der Waals surface area (Å²) in [6.45, 7) is 9.57. The Morgan fingerprint density at radius 3 is 2.47 bits per heavy atom. The van der Waals surface area contributed by atoms with Crippen LogP contribution < -0.4 is 10.6 Å². The van der Waals surface area contributed by atoms with E-state index in [1.807, 2.05) is 6.92 Å². The predicted molar refractivity (Wildman–Crippen MR) is 68.7 cm³/mol. The third-order valence-electron chi connectivity index (χ3n) is 3.82. The maximum absolute atomic E-state index is 12.4. The van der Waals surface area contributed by atoms with E-state index in [0.29, 0.717) is 12.3 Å². The zero-order chi connectivity index (χ0) is 13.1. The van der Waals surface area contributed by atoms with Crippen molar-refractivity contribution in [1.82, 2.24) is 10.6 Å². The first-order valence-corrected chi connectivity index (χ1v) is 6.58. The van der Waals surface area contributed by atoms with Crippen molar-refractivity contribution in [3.63, 3.8) is 0 Å². The molecule has 1 heterocycles. The van der Waals surface area contributed by atoms with Crippen LogP contribution in [0.5, 0.6) is 0 Å². The van der Waals surface area contributed by atoms with Gasteiger partial charge in [-0.25, -0.2) is 0 Å². The fraction of sp³-hybridized carbons (Fsp3) is 0.923. The summed E-state index contributed by atoms with van der Waals surface area (Å²) in [5.41, 5.74) is -0.271. The van der Waals surface area contributed by atoms with Crippen LogP contribution in [0.15, 0.2) is 0 Å². The summed E-state index contributed by atoms with van der Waals surface area (Å²) in [6.07, 6.45) is 1.13. The summed E-state index contributed by atoms with van der Waals surface area (Å²) in [5, 5.41) is 15.6. The number of amides is 1. The van der Waals surface area contributed by atoms with E-state index >= 15 is 0 Å². The van der Waals surface area contributed by atoms with Crippen molar-refractivity contribution in [1.29, 1.82) is 0 Å². The van der Waals surface area contributed by atoms with Crippen LogP contribution in [0.25, 0.3) is 0 Å². The Hall–Kier alpha value is -0.610. The Bertz CT molecular complexity index is 258. The lowest BCUT2D eigenvalue weighted by atomic mass is 9.75. The molecule has 1 aliphatic heterocycles. The quantitative estimate of drug-likeness (QED) is 0.671. The van der Waals surface area contributed by atoms with Gasteiger partial charge in [0, 0.05) is 12.6 Å². The molecule has 3 N–H and O–H groups in total. The second kappa shape index (κ2) is 5.83. The molecule has 1 fully saturated rings. The first-order valence-electron chi connectivity index (χ1n) is 6.58. The minimum absolute atomic E-state index is 0.0266. The maximum Gasteiger partial charge on any atom is 0.228 e. The number of aliphatic hydroxyl groups is 1. The van der Waals surface area contributed by atoms with Crippen LogP contribution in [-0.4, -0.2) is 36.2 Å². The number of hydrogen-bond acceptors (Lipinski definition) is 3. The van der Waals surface area contributed by atoms with Crippen LogP contribution in [0, 0.1) is 11.3 Å². The number of carbonyl (C=O) groups is 1. The van der Waals surface area contributed by atoms with Crippen molar-refractivity contribution in [2.45, 2.75) is 52.7 Å². The lowest BCUT2D eigenvalue weighted by molar-refractivity contribution is -0.133. The minimum atomic E-state index is -0.373. The molecule has 100 valence electrons. The van der Waals surface area contributed by atoms with E-state index in [9.17, 15) is 9.90 Å². The molecule has 0 aromatic heterocycles. The van der Waals surface area contributed by atoms with Crippen molar-refractivity contribution in [2.75, 3.05) is 13.1 Å². The summed E-state index contributed by atoms with van der Waals surface area (Å²) in [5.74, 6) is 0.460. The van der Waals surface area contributed by atoms with E-state index in [-0.39, 0.29) is 23.5 Å². The number of rotatable bonds is 5. The normalized spacial score (nSPS) is 28.1. The van der Waals surface area contributed by atoms with Gasteiger partial charge in [0.05, 0.1) is 11.5 Å². The fourth-order valence-electron chi connectivity index (χ4n) is 2.60. The summed E-state index contributed by atoms with van der Waals surface area (Å²) in [7, 11) is 0. The third kappa shape index (κ3) is 3.42. The molecular formula is C13H26N2O2. The Balaban J connectivity index is 2.61. The third-order valence-corrected chi connectivity index (χ3v) is 3.82. The van der Waals surface area contributed by atoms with Gasteiger partial charge in [0.15, 0.2) is 0 Å². The minimum Gasteiger partial charge on any atom is -0.393 e. The van der Waals surface area contributed by atoms with Gasteiger partial charge in [-0.2, -0.15) is 0 Å². The van der Waals surface area contributed by atoms with Crippen LogP contribution in [0.1, 0.15) is 40.5 Å². The Labute approximate surface area is 104 Å². The zero-order valence-electron chi connectivity index (χ0n) is 11.4. The molecule has 3 unspecified atom stereocenters. The predicted octanol–water partition coefficient (Wildman–Crippen LogP) is 0.898. The Morgan fingerprint density at radius 1 is 1.41 bits per heavy atom. The SMILES string of the molecule is CC(O)CC(C)NC(=O)C1(C(C)C)CCNC1. The standard InChI is InChI=1S/C13H26N2O2/c1-9(2)13(5-6-14-8-13)12(17)15-10(3)7-11(4)16/h9-11,14,16H,5-8H2,1-4H3,(H,15,17). The second-order valence-corrected chi connectivity index (χ2v) is 5.70. The highest BCUT2D eigenvalue weighted by atomic mass is 16.3. The zero-order valence-corrected chi connectivity index (χ0v) is 11.4. The summed E-state index contributed by atoms with van der Waals surface area (Å²) < 4.78 is 0. The molecule has 0 aromatic rings. The van der Waals surface area contributed by atoms with Crippen LogP contribution in [0.2, 0.25) is 0 Å². The van der Waals surface area contributed by atoms with Crippen molar-refractivity contribution in [2.24, 2.45) is 11.3 Å². The Morgan fingerprint density at radius 2 is 2.06 bits per heavy atom. The summed E-state index contributed by atoms with van der Waals surface area (Å²) in [6, 6.07) is 0.0266. The van der Waals surface area contributed by atoms with E-state index in [4.69, 9.17) is 0 Å². The molecule has 3 atom stereocenters. The molecule has 0 aromatic carbocycles. The van der Waals surface area contributed by atoms with Gasteiger partial charge in [-0.15, -0.1) is 0 Å². The van der Waals surface area contributed by atoms with Crippen molar-refractivity contribution >= 4 is 5.91 Å². The van der Waals surface area contributed by atoms with Crippen molar-refractivity contribution in [3.05, 3.63) is 0 Å². The molecule has 0 spiro atoms. The largest absolute Gasteiger partial charge is 0.393 e. The molecule has 17 heavy (non-hydrogen) atoms. The van der Waals surface area contributed by atoms with E-state index < -0.39 is 0 Å². The van der Waals surface area contributed by atoms with Crippen LogP contribution in [-0.2, 0) is 4.79 Å². The molecule has 0 radical (unpaired) electrons. The highest BCUT2D eigenvalue weighted by Gasteiger charge is 2.44. The van der Waals surface area contributed by atoms with Crippen LogP contribution >= 0.6 is 0 Å². The van der Waals surface area contributed by atoms with Gasteiger partial charge >= 0.3 is 0 Å². The average Bonchev–Trinajstić information content (AvgIpc) is 2.65. The molecule has 1 saturated heterocycles. The number of carbonyl (C=O) groups excluding carboxylic acids is 1. The maximum atomic E-state index is 12.4. The van der Waals surface area contributed by atoms with Gasteiger partial charge in [-0.1, -0.05) is 13.8 Å². The second-order valence-electron chi connectivity index (χ2n) is 5.70. The molecule has 1 rings (SSSR count). The van der Waals surface area contributed by atoms with Crippen LogP contribution in [0.4, 0.5) is 0 Å². The molecule has 4 nitrogen and oxygen atoms in total. The number of aliphatic hydroxyl groups excluding tert-OH is 1. The molecule has 4 heteroatoms. The lowest BCUT2D eigenvalue weighted by Gasteiger charge is -2.32. The topological polar surface area (TPSA) is 61.4 Å². The average molecular weight is 242 g/mol. The van der Waals surface area contributed by atoms with E-state index in [1.54, 1.807) is 6.92 Å². The summed E-state index contributed by atoms with van der Waals surface area (Å²) in [4.78, 5) is 12.4. The lowest BCUT2D eigenvalue weighted by Crippen LogP contribution is -2.49. The van der Waals surface area contributed by atoms with Gasteiger partial charge in [0.1, 0.15) is 0 Å². The van der Waals surface area contributed by atoms with E-state index in [0.717, 1.165) is 19.5 Å². The molecule has 0 aliphatic carbocycles. The van der Waals surface area contributed by atoms with E-state index in [1.165, 1.54) is 0 Å². The molecule has 0 bridgehead atoms. The molecule has 1 amide bonds. The van der Waals surface area contributed by atoms with Gasteiger partial charge < -0.3 is 15.7 Å². The van der Waals surface area contributed by atoms with Gasteiger partial charge in [-0.3, -0.25) is 4.79 Å². The smallest absolute Gasteiger partial charge is 0.228 e. The Kier molecular flexibility index (Phi) is 4.95. The van der Waals surface area contributed by atoms with Gasteiger partial charge in [-0.05, 0) is 39.2 Å². The van der Waals surface area contributed by atoms with Crippen LogP contribution in [0.3, 0.4) is 0 Å². The molecule has 1 aliphatic rings. The first-order chi connectivity index (χ1) is 7.88. The molecule has 0 saturated carbocycles. The van der Waals surface area contributed by atoms with Crippen molar-refractivity contribution < 1.29 is 9.90 Å². The number of nitrogens with one attached hydrogen (secondary N) is 2. The molecular weight excluding hydrogens is 216 g/mol. The van der Waals surface area contributed by atoms with E-state index in [2.05, 4.69) is 24.5 Å². The van der Waals surface area contributed by atoms with Gasteiger partial charge in [0.25, 0.3) is 0 Å². The fourth-order valence-corrected chi connectivity index (χ4v) is 2.60. The summed E-state index contributed by atoms with van der Waals surface area (Å²) >= 11 is 0. The highest BCUT2D eigenvalue weighted by Crippen LogP contribution is 2.34. The monoisotopic (exact) mass is 242 g/mol. The first kappa shape index (κ1) is 14.5. The highest BCUT2D eigenvalue weighted by molar-refractivity contribution is 5.83. The van der Waals surface area contributed by atoms with Gasteiger partial charge in [0.2, 0.25) is 5.91 Å². The van der Waals surface area contributed by atoms with Crippen molar-refractivity contribution in [3.8, 4) is 0 Å². The number of hydrogen-bond donors (Lipinski definition) is 3.